The largest absolute Gasteiger partial charge is 0.361 e. The molecule has 1 atom stereocenters. The number of rotatable bonds is 3. The standard InChI is InChI=1S/C13H16N2/c1-9(2)8-12(14)10-4-3-5-13-11(10)6-7-15-13/h3-7,12,15H,1,8,14H2,2H3/t12-/m1/s1. The molecule has 0 aliphatic rings. The van der Waals surface area contributed by atoms with Gasteiger partial charge in [0.1, 0.15) is 0 Å². The van der Waals surface area contributed by atoms with Gasteiger partial charge in [0.15, 0.2) is 0 Å². The van der Waals surface area contributed by atoms with Crippen molar-refractivity contribution in [3.8, 4) is 0 Å². The average molecular weight is 200 g/mol. The summed E-state index contributed by atoms with van der Waals surface area (Å²) in [6.07, 6.45) is 2.78. The van der Waals surface area contributed by atoms with E-state index < -0.39 is 0 Å². The summed E-state index contributed by atoms with van der Waals surface area (Å²) >= 11 is 0. The number of hydrogen-bond donors (Lipinski definition) is 2. The molecule has 1 aromatic carbocycles. The van der Waals surface area contributed by atoms with Gasteiger partial charge in [-0.2, -0.15) is 0 Å². The van der Waals surface area contributed by atoms with Gasteiger partial charge in [0, 0.05) is 23.1 Å². The van der Waals surface area contributed by atoms with Gasteiger partial charge < -0.3 is 10.7 Å². The van der Waals surface area contributed by atoms with Crippen molar-refractivity contribution in [1.29, 1.82) is 0 Å². The highest BCUT2D eigenvalue weighted by Crippen LogP contribution is 2.25. The zero-order valence-electron chi connectivity index (χ0n) is 8.96. The summed E-state index contributed by atoms with van der Waals surface area (Å²) in [5, 5.41) is 1.21. The second-order valence-corrected chi connectivity index (χ2v) is 4.05. The van der Waals surface area contributed by atoms with Gasteiger partial charge in [-0.15, -0.1) is 6.58 Å². The monoisotopic (exact) mass is 200 g/mol. The predicted octanol–water partition coefficient (Wildman–Crippen LogP) is 3.13. The Bertz CT molecular complexity index is 482. The fourth-order valence-electron chi connectivity index (χ4n) is 1.92. The van der Waals surface area contributed by atoms with Crippen LogP contribution in [0, 0.1) is 0 Å². The molecule has 0 saturated carbocycles. The Hall–Kier alpha value is -1.54. The molecule has 2 aromatic rings. The molecule has 0 spiro atoms. The summed E-state index contributed by atoms with van der Waals surface area (Å²) in [5.74, 6) is 0. The first-order chi connectivity index (χ1) is 7.18. The van der Waals surface area contributed by atoms with Gasteiger partial charge in [-0.3, -0.25) is 0 Å². The third-order valence-corrected chi connectivity index (χ3v) is 2.60. The van der Waals surface area contributed by atoms with E-state index in [4.69, 9.17) is 5.73 Å². The van der Waals surface area contributed by atoms with Crippen molar-refractivity contribution in [3.05, 3.63) is 48.2 Å². The maximum atomic E-state index is 6.15. The number of fused-ring (bicyclic) bond motifs is 1. The fraction of sp³-hybridized carbons (Fsp3) is 0.231. The number of H-pyrrole nitrogens is 1. The first-order valence-corrected chi connectivity index (χ1v) is 5.14. The van der Waals surface area contributed by atoms with E-state index in [2.05, 4.69) is 29.8 Å². The van der Waals surface area contributed by atoms with Gasteiger partial charge in [0.05, 0.1) is 0 Å². The van der Waals surface area contributed by atoms with Crippen molar-refractivity contribution in [2.24, 2.45) is 5.73 Å². The van der Waals surface area contributed by atoms with Crippen LogP contribution < -0.4 is 5.73 Å². The highest BCUT2D eigenvalue weighted by molar-refractivity contribution is 5.83. The Morgan fingerprint density at radius 3 is 3.00 bits per heavy atom. The lowest BCUT2D eigenvalue weighted by atomic mass is 9.98. The molecule has 0 amide bonds. The molecule has 1 heterocycles. The van der Waals surface area contributed by atoms with Crippen LogP contribution in [0.15, 0.2) is 42.6 Å². The number of benzene rings is 1. The molecule has 0 unspecified atom stereocenters. The van der Waals surface area contributed by atoms with Crippen LogP contribution in [-0.2, 0) is 0 Å². The zero-order chi connectivity index (χ0) is 10.8. The summed E-state index contributed by atoms with van der Waals surface area (Å²) in [5.41, 5.74) is 9.60. The van der Waals surface area contributed by atoms with E-state index in [0.717, 1.165) is 17.5 Å². The van der Waals surface area contributed by atoms with Crippen LogP contribution in [0.2, 0.25) is 0 Å². The molecular formula is C13H16N2. The van der Waals surface area contributed by atoms with Crippen LogP contribution in [0.5, 0.6) is 0 Å². The SMILES string of the molecule is C=C(C)C[C@@H](N)c1cccc2[nH]ccc12. The quantitative estimate of drug-likeness (QED) is 0.734. The van der Waals surface area contributed by atoms with Crippen molar-refractivity contribution in [3.63, 3.8) is 0 Å². The van der Waals surface area contributed by atoms with Gasteiger partial charge in [0.2, 0.25) is 0 Å². The van der Waals surface area contributed by atoms with Gasteiger partial charge in [-0.1, -0.05) is 17.7 Å². The maximum absolute atomic E-state index is 6.15. The van der Waals surface area contributed by atoms with Crippen LogP contribution in [0.4, 0.5) is 0 Å². The molecule has 0 fully saturated rings. The lowest BCUT2D eigenvalue weighted by Gasteiger charge is -2.12. The van der Waals surface area contributed by atoms with Crippen LogP contribution in [0.3, 0.4) is 0 Å². The minimum absolute atomic E-state index is 0.0435. The molecule has 2 rings (SSSR count). The topological polar surface area (TPSA) is 41.8 Å². The molecule has 2 nitrogen and oxygen atoms in total. The Morgan fingerprint density at radius 2 is 2.27 bits per heavy atom. The Balaban J connectivity index is 2.42. The van der Waals surface area contributed by atoms with Crippen molar-refractivity contribution in [2.75, 3.05) is 0 Å². The molecule has 0 saturated heterocycles. The summed E-state index contributed by atoms with van der Waals surface area (Å²) < 4.78 is 0. The molecule has 3 N–H and O–H groups in total. The molecule has 1 aromatic heterocycles. The van der Waals surface area contributed by atoms with E-state index in [-0.39, 0.29) is 6.04 Å². The van der Waals surface area contributed by atoms with Crippen molar-refractivity contribution < 1.29 is 0 Å². The Morgan fingerprint density at radius 1 is 1.47 bits per heavy atom. The van der Waals surface area contributed by atoms with Crippen molar-refractivity contribution in [1.82, 2.24) is 4.98 Å². The van der Waals surface area contributed by atoms with Gasteiger partial charge in [-0.05, 0) is 31.0 Å². The minimum atomic E-state index is 0.0435. The lowest BCUT2D eigenvalue weighted by Crippen LogP contribution is -2.10. The maximum Gasteiger partial charge on any atom is 0.0457 e. The Kier molecular flexibility index (Phi) is 2.60. The normalized spacial score (nSPS) is 12.9. The van der Waals surface area contributed by atoms with Crippen LogP contribution in [0.25, 0.3) is 10.9 Å². The van der Waals surface area contributed by atoms with Crippen LogP contribution in [0.1, 0.15) is 24.9 Å². The molecule has 15 heavy (non-hydrogen) atoms. The first-order valence-electron chi connectivity index (χ1n) is 5.14. The second-order valence-electron chi connectivity index (χ2n) is 4.05. The van der Waals surface area contributed by atoms with Gasteiger partial charge >= 0.3 is 0 Å². The van der Waals surface area contributed by atoms with Crippen molar-refractivity contribution >= 4 is 10.9 Å². The van der Waals surface area contributed by atoms with E-state index in [1.54, 1.807) is 0 Å². The first kappa shape index (κ1) is 9.99. The minimum Gasteiger partial charge on any atom is -0.361 e. The van der Waals surface area contributed by atoms with E-state index >= 15 is 0 Å². The summed E-state index contributed by atoms with van der Waals surface area (Å²) in [4.78, 5) is 3.19. The molecule has 2 heteroatoms. The molecule has 78 valence electrons. The summed E-state index contributed by atoms with van der Waals surface area (Å²) in [6.45, 7) is 5.91. The number of nitrogens with two attached hydrogens (primary N) is 1. The molecule has 0 aliphatic heterocycles. The fourth-order valence-corrected chi connectivity index (χ4v) is 1.92. The number of nitrogens with one attached hydrogen (secondary N) is 1. The summed E-state index contributed by atoms with van der Waals surface area (Å²) in [7, 11) is 0. The number of aromatic amines is 1. The number of aromatic nitrogens is 1. The highest BCUT2D eigenvalue weighted by Gasteiger charge is 2.09. The highest BCUT2D eigenvalue weighted by atomic mass is 14.7. The van der Waals surface area contributed by atoms with Gasteiger partial charge in [0.25, 0.3) is 0 Å². The smallest absolute Gasteiger partial charge is 0.0457 e. The van der Waals surface area contributed by atoms with Gasteiger partial charge in [-0.25, -0.2) is 0 Å². The zero-order valence-corrected chi connectivity index (χ0v) is 8.96. The predicted molar refractivity (Wildman–Crippen MR) is 64.7 cm³/mol. The van der Waals surface area contributed by atoms with Crippen molar-refractivity contribution in [2.45, 2.75) is 19.4 Å². The lowest BCUT2D eigenvalue weighted by molar-refractivity contribution is 0.723. The second kappa shape index (κ2) is 3.91. The summed E-state index contributed by atoms with van der Waals surface area (Å²) in [6, 6.07) is 8.30. The van der Waals surface area contributed by atoms with E-state index in [9.17, 15) is 0 Å². The third-order valence-electron chi connectivity index (χ3n) is 2.60. The molecule has 0 bridgehead atoms. The number of hydrogen-bond acceptors (Lipinski definition) is 1. The molecular weight excluding hydrogens is 184 g/mol. The van der Waals surface area contributed by atoms with E-state index in [0.29, 0.717) is 0 Å². The van der Waals surface area contributed by atoms with Crippen LogP contribution >= 0.6 is 0 Å². The van der Waals surface area contributed by atoms with E-state index in [1.807, 2.05) is 19.2 Å². The molecule has 0 aliphatic carbocycles. The molecule has 0 radical (unpaired) electrons. The Labute approximate surface area is 89.8 Å². The average Bonchev–Trinajstić information content (AvgIpc) is 2.63. The van der Waals surface area contributed by atoms with E-state index in [1.165, 1.54) is 10.9 Å². The third kappa shape index (κ3) is 1.95. The van der Waals surface area contributed by atoms with Crippen LogP contribution in [-0.4, -0.2) is 4.98 Å².